The van der Waals surface area contributed by atoms with Crippen LogP contribution in [0.3, 0.4) is 0 Å². The van der Waals surface area contributed by atoms with Gasteiger partial charge in [0.05, 0.1) is 0 Å². The van der Waals surface area contributed by atoms with Gasteiger partial charge in [0.25, 0.3) is 0 Å². The number of hydrazone groups is 1. The lowest BCUT2D eigenvalue weighted by molar-refractivity contribution is 1.26. The van der Waals surface area contributed by atoms with E-state index in [-0.39, 0.29) is 0 Å². The van der Waals surface area contributed by atoms with E-state index in [1.807, 2.05) is 43.3 Å². The molecule has 1 aromatic carbocycles. The van der Waals surface area contributed by atoms with Crippen molar-refractivity contribution in [1.29, 1.82) is 0 Å². The minimum Gasteiger partial charge on any atom is -0.323 e. The Balaban J connectivity index is 2.81. The SMILES string of the molecule is CC(C=NN)=Cc1ccccc1. The van der Waals surface area contributed by atoms with Gasteiger partial charge < -0.3 is 5.84 Å². The summed E-state index contributed by atoms with van der Waals surface area (Å²) in [5.41, 5.74) is 2.21. The molecule has 0 aliphatic carbocycles. The van der Waals surface area contributed by atoms with E-state index in [0.717, 1.165) is 11.1 Å². The lowest BCUT2D eigenvalue weighted by Crippen LogP contribution is -1.84. The summed E-state index contributed by atoms with van der Waals surface area (Å²) in [4.78, 5) is 0. The molecular weight excluding hydrogens is 148 g/mol. The third-order valence-corrected chi connectivity index (χ3v) is 1.47. The van der Waals surface area contributed by atoms with Crippen LogP contribution in [0.15, 0.2) is 41.0 Å². The zero-order valence-electron chi connectivity index (χ0n) is 7.07. The molecule has 0 aliphatic rings. The van der Waals surface area contributed by atoms with Crippen molar-refractivity contribution in [2.45, 2.75) is 6.92 Å². The van der Waals surface area contributed by atoms with E-state index < -0.39 is 0 Å². The molecular formula is C10H12N2. The van der Waals surface area contributed by atoms with Crippen LogP contribution in [0.25, 0.3) is 6.08 Å². The standard InChI is InChI=1S/C10H12N2/c1-9(8-12-11)7-10-5-3-2-4-6-10/h2-8H,11H2,1H3. The van der Waals surface area contributed by atoms with Crippen molar-refractivity contribution < 1.29 is 0 Å². The van der Waals surface area contributed by atoms with Gasteiger partial charge in [0, 0.05) is 6.21 Å². The van der Waals surface area contributed by atoms with Crippen molar-refractivity contribution in [2.75, 3.05) is 0 Å². The lowest BCUT2D eigenvalue weighted by Gasteiger charge is -1.92. The Morgan fingerprint density at radius 3 is 2.58 bits per heavy atom. The van der Waals surface area contributed by atoms with Gasteiger partial charge in [0.2, 0.25) is 0 Å². The van der Waals surface area contributed by atoms with Gasteiger partial charge in [-0.3, -0.25) is 0 Å². The van der Waals surface area contributed by atoms with Crippen LogP contribution in [-0.2, 0) is 0 Å². The predicted molar refractivity (Wildman–Crippen MR) is 52.8 cm³/mol. The second-order valence-electron chi connectivity index (χ2n) is 2.58. The van der Waals surface area contributed by atoms with Gasteiger partial charge in [-0.2, -0.15) is 5.10 Å². The normalized spacial score (nSPS) is 12.2. The zero-order valence-corrected chi connectivity index (χ0v) is 7.07. The summed E-state index contributed by atoms with van der Waals surface area (Å²) in [6, 6.07) is 10.1. The second-order valence-corrected chi connectivity index (χ2v) is 2.58. The Kier molecular flexibility index (Phi) is 3.08. The van der Waals surface area contributed by atoms with Crippen LogP contribution in [0.5, 0.6) is 0 Å². The topological polar surface area (TPSA) is 38.4 Å². The monoisotopic (exact) mass is 160 g/mol. The van der Waals surface area contributed by atoms with Gasteiger partial charge in [-0.15, -0.1) is 0 Å². The molecule has 2 heteroatoms. The molecule has 0 amide bonds. The first kappa shape index (κ1) is 8.53. The van der Waals surface area contributed by atoms with Crippen LogP contribution in [0, 0.1) is 0 Å². The Morgan fingerprint density at radius 1 is 1.33 bits per heavy atom. The van der Waals surface area contributed by atoms with Crippen LogP contribution in [0.4, 0.5) is 0 Å². The van der Waals surface area contributed by atoms with Crippen LogP contribution < -0.4 is 5.84 Å². The molecule has 2 N–H and O–H groups in total. The summed E-state index contributed by atoms with van der Waals surface area (Å²) >= 11 is 0. The highest BCUT2D eigenvalue weighted by atomic mass is 15.1. The Hall–Kier alpha value is -1.57. The number of rotatable bonds is 2. The van der Waals surface area contributed by atoms with Gasteiger partial charge in [0.1, 0.15) is 0 Å². The third kappa shape index (κ3) is 2.58. The minimum atomic E-state index is 1.05. The quantitative estimate of drug-likeness (QED) is 0.401. The largest absolute Gasteiger partial charge is 0.323 e. The molecule has 0 atom stereocenters. The van der Waals surface area contributed by atoms with E-state index in [4.69, 9.17) is 5.84 Å². The van der Waals surface area contributed by atoms with Gasteiger partial charge in [-0.05, 0) is 18.1 Å². The Morgan fingerprint density at radius 2 is 2.00 bits per heavy atom. The van der Waals surface area contributed by atoms with E-state index in [1.165, 1.54) is 0 Å². The van der Waals surface area contributed by atoms with E-state index in [0.29, 0.717) is 0 Å². The molecule has 62 valence electrons. The molecule has 1 aromatic rings. The molecule has 0 aliphatic heterocycles. The summed E-state index contributed by atoms with van der Waals surface area (Å²) in [6.07, 6.45) is 3.66. The van der Waals surface area contributed by atoms with Crippen LogP contribution >= 0.6 is 0 Å². The Bertz CT molecular complexity index is 286. The maximum absolute atomic E-state index is 5.01. The minimum absolute atomic E-state index is 1.05. The average Bonchev–Trinajstić information content (AvgIpc) is 2.06. The van der Waals surface area contributed by atoms with Gasteiger partial charge in [0.15, 0.2) is 0 Å². The highest BCUT2D eigenvalue weighted by Gasteiger charge is 1.85. The molecule has 0 unspecified atom stereocenters. The zero-order chi connectivity index (χ0) is 8.81. The maximum atomic E-state index is 5.01. The highest BCUT2D eigenvalue weighted by Crippen LogP contribution is 2.03. The fourth-order valence-electron chi connectivity index (χ4n) is 0.967. The Labute approximate surface area is 72.4 Å². The van der Waals surface area contributed by atoms with Crippen LogP contribution in [0.2, 0.25) is 0 Å². The number of nitrogens with two attached hydrogens (primary N) is 1. The predicted octanol–water partition coefficient (Wildman–Crippen LogP) is 2.03. The van der Waals surface area contributed by atoms with E-state index in [2.05, 4.69) is 5.10 Å². The van der Waals surface area contributed by atoms with Crippen LogP contribution in [-0.4, -0.2) is 6.21 Å². The average molecular weight is 160 g/mol. The van der Waals surface area contributed by atoms with Gasteiger partial charge in [-0.1, -0.05) is 36.4 Å². The van der Waals surface area contributed by atoms with E-state index in [9.17, 15) is 0 Å². The fourth-order valence-corrected chi connectivity index (χ4v) is 0.967. The van der Waals surface area contributed by atoms with Crippen LogP contribution in [0.1, 0.15) is 12.5 Å². The molecule has 0 bridgehead atoms. The molecule has 0 saturated heterocycles. The molecule has 0 aromatic heterocycles. The number of allylic oxidation sites excluding steroid dienone is 1. The van der Waals surface area contributed by atoms with Crippen molar-refractivity contribution in [1.82, 2.24) is 0 Å². The number of hydrogen-bond donors (Lipinski definition) is 1. The van der Waals surface area contributed by atoms with Crippen molar-refractivity contribution in [3.8, 4) is 0 Å². The first-order valence-corrected chi connectivity index (χ1v) is 3.79. The van der Waals surface area contributed by atoms with Crippen molar-refractivity contribution in [3.05, 3.63) is 41.5 Å². The summed E-state index contributed by atoms with van der Waals surface area (Å²) in [5, 5.41) is 3.44. The second kappa shape index (κ2) is 4.34. The first-order chi connectivity index (χ1) is 5.83. The molecule has 2 nitrogen and oxygen atoms in total. The summed E-state index contributed by atoms with van der Waals surface area (Å²) in [6.45, 7) is 1.96. The summed E-state index contributed by atoms with van der Waals surface area (Å²) < 4.78 is 0. The highest BCUT2D eigenvalue weighted by molar-refractivity contribution is 5.84. The maximum Gasteiger partial charge on any atom is 0.0495 e. The molecule has 0 heterocycles. The molecule has 12 heavy (non-hydrogen) atoms. The first-order valence-electron chi connectivity index (χ1n) is 3.79. The summed E-state index contributed by atoms with van der Waals surface area (Å²) in [5.74, 6) is 5.01. The van der Waals surface area contributed by atoms with Crippen molar-refractivity contribution in [2.24, 2.45) is 10.9 Å². The van der Waals surface area contributed by atoms with E-state index in [1.54, 1.807) is 6.21 Å². The fraction of sp³-hybridized carbons (Fsp3) is 0.100. The number of hydrogen-bond acceptors (Lipinski definition) is 2. The molecule has 0 spiro atoms. The molecule has 0 saturated carbocycles. The van der Waals surface area contributed by atoms with Crippen molar-refractivity contribution >= 4 is 12.3 Å². The molecule has 1 rings (SSSR count). The smallest absolute Gasteiger partial charge is 0.0495 e. The number of benzene rings is 1. The third-order valence-electron chi connectivity index (χ3n) is 1.47. The lowest BCUT2D eigenvalue weighted by atomic mass is 10.1. The molecule has 0 fully saturated rings. The summed E-state index contributed by atoms with van der Waals surface area (Å²) in [7, 11) is 0. The molecule has 0 radical (unpaired) electrons. The number of nitrogens with zero attached hydrogens (tertiary/aromatic N) is 1. The van der Waals surface area contributed by atoms with E-state index >= 15 is 0 Å². The van der Waals surface area contributed by atoms with Crippen molar-refractivity contribution in [3.63, 3.8) is 0 Å². The van der Waals surface area contributed by atoms with Gasteiger partial charge >= 0.3 is 0 Å². The van der Waals surface area contributed by atoms with Gasteiger partial charge in [-0.25, -0.2) is 0 Å².